The fourth-order valence-corrected chi connectivity index (χ4v) is 1.67. The van der Waals surface area contributed by atoms with Gasteiger partial charge in [-0.2, -0.15) is 0 Å². The summed E-state index contributed by atoms with van der Waals surface area (Å²) in [5, 5.41) is 2.83. The summed E-state index contributed by atoms with van der Waals surface area (Å²) in [6, 6.07) is 5.46. The molecule has 1 heterocycles. The number of pyridine rings is 1. The predicted molar refractivity (Wildman–Crippen MR) is 71.4 cm³/mol. The maximum Gasteiger partial charge on any atom is 0.307 e. The highest BCUT2D eigenvalue weighted by molar-refractivity contribution is 5.77. The van der Waals surface area contributed by atoms with Crippen molar-refractivity contribution in [3.8, 4) is 0 Å². The summed E-state index contributed by atoms with van der Waals surface area (Å²) in [6.45, 7) is 1.92. The molecule has 0 spiro atoms. The number of carbonyl (C=O) groups excluding carboxylic acids is 2. The highest BCUT2D eigenvalue weighted by Crippen LogP contribution is 2.02. The zero-order valence-electron chi connectivity index (χ0n) is 11.4. The fraction of sp³-hybridized carbons (Fsp3) is 0.500. The molecule has 5 heteroatoms. The molecule has 1 atom stereocenters. The largest absolute Gasteiger partial charge is 0.469 e. The van der Waals surface area contributed by atoms with Crippen LogP contribution in [0.15, 0.2) is 24.4 Å². The van der Waals surface area contributed by atoms with Gasteiger partial charge in [-0.1, -0.05) is 13.0 Å². The van der Waals surface area contributed by atoms with E-state index in [1.807, 2.05) is 25.1 Å². The molecule has 0 aliphatic rings. The van der Waals surface area contributed by atoms with Crippen molar-refractivity contribution in [2.24, 2.45) is 0 Å². The van der Waals surface area contributed by atoms with Crippen LogP contribution in [-0.4, -0.2) is 30.0 Å². The van der Waals surface area contributed by atoms with Crippen molar-refractivity contribution in [1.29, 1.82) is 0 Å². The molecule has 0 aromatic carbocycles. The van der Waals surface area contributed by atoms with Gasteiger partial charge in [-0.05, 0) is 25.0 Å². The Balaban J connectivity index is 2.35. The van der Waals surface area contributed by atoms with Crippen molar-refractivity contribution >= 4 is 11.9 Å². The van der Waals surface area contributed by atoms with Gasteiger partial charge in [0.15, 0.2) is 0 Å². The average molecular weight is 264 g/mol. The van der Waals surface area contributed by atoms with Gasteiger partial charge in [0, 0.05) is 24.4 Å². The first-order valence-electron chi connectivity index (χ1n) is 6.41. The van der Waals surface area contributed by atoms with Crippen molar-refractivity contribution in [1.82, 2.24) is 10.3 Å². The van der Waals surface area contributed by atoms with Crippen LogP contribution in [0, 0.1) is 0 Å². The second-order valence-electron chi connectivity index (χ2n) is 4.27. The number of aromatic nitrogens is 1. The number of ether oxygens (including phenoxy) is 1. The predicted octanol–water partition coefficient (Wildman–Crippen LogP) is 1.47. The molecule has 19 heavy (non-hydrogen) atoms. The summed E-state index contributed by atoms with van der Waals surface area (Å²) in [5.41, 5.74) is 0.888. The third kappa shape index (κ3) is 5.99. The van der Waals surface area contributed by atoms with Gasteiger partial charge in [0.1, 0.15) is 0 Å². The molecule has 1 rings (SSSR count). The lowest BCUT2D eigenvalue weighted by Crippen LogP contribution is -2.36. The van der Waals surface area contributed by atoms with Crippen LogP contribution >= 0.6 is 0 Å². The van der Waals surface area contributed by atoms with Crippen LogP contribution in [0.25, 0.3) is 0 Å². The second-order valence-corrected chi connectivity index (χ2v) is 4.27. The molecule has 1 aromatic rings. The first-order valence-corrected chi connectivity index (χ1v) is 6.41. The van der Waals surface area contributed by atoms with Crippen LogP contribution in [0.2, 0.25) is 0 Å². The smallest absolute Gasteiger partial charge is 0.307 e. The third-order valence-electron chi connectivity index (χ3n) is 2.83. The molecule has 0 radical (unpaired) electrons. The lowest BCUT2D eigenvalue weighted by molar-refractivity contribution is -0.141. The molecule has 0 bridgehead atoms. The molecule has 1 amide bonds. The molecule has 1 N–H and O–H groups in total. The Hall–Kier alpha value is -1.91. The second kappa shape index (κ2) is 8.24. The van der Waals surface area contributed by atoms with E-state index in [0.717, 1.165) is 5.69 Å². The Labute approximate surface area is 113 Å². The van der Waals surface area contributed by atoms with E-state index in [1.165, 1.54) is 7.11 Å². The van der Waals surface area contributed by atoms with E-state index >= 15 is 0 Å². The van der Waals surface area contributed by atoms with Crippen LogP contribution in [-0.2, 0) is 20.7 Å². The highest BCUT2D eigenvalue weighted by Gasteiger charge is 2.14. The lowest BCUT2D eigenvalue weighted by Gasteiger charge is -2.15. The first-order chi connectivity index (χ1) is 9.15. The van der Waals surface area contributed by atoms with E-state index in [2.05, 4.69) is 15.0 Å². The van der Waals surface area contributed by atoms with E-state index in [-0.39, 0.29) is 24.3 Å². The Morgan fingerprint density at radius 3 is 2.79 bits per heavy atom. The van der Waals surface area contributed by atoms with E-state index < -0.39 is 0 Å². The van der Waals surface area contributed by atoms with Crippen molar-refractivity contribution < 1.29 is 14.3 Å². The number of nitrogens with one attached hydrogen (secondary N) is 1. The molecular formula is C14H20N2O3. The summed E-state index contributed by atoms with van der Waals surface area (Å²) in [4.78, 5) is 27.1. The summed E-state index contributed by atoms with van der Waals surface area (Å²) in [5.74, 6) is -0.377. The van der Waals surface area contributed by atoms with Crippen molar-refractivity contribution in [3.63, 3.8) is 0 Å². The Bertz CT molecular complexity index is 406. The quantitative estimate of drug-likeness (QED) is 0.757. The summed E-state index contributed by atoms with van der Waals surface area (Å²) in [6.07, 6.45) is 3.59. The minimum absolute atomic E-state index is 0.0681. The zero-order chi connectivity index (χ0) is 14.1. The number of hydrogen-bond acceptors (Lipinski definition) is 4. The topological polar surface area (TPSA) is 68.3 Å². The Morgan fingerprint density at radius 1 is 1.42 bits per heavy atom. The molecule has 0 saturated carbocycles. The number of rotatable bonds is 7. The number of hydrogen-bond donors (Lipinski definition) is 1. The molecule has 0 aliphatic heterocycles. The molecule has 0 aliphatic carbocycles. The van der Waals surface area contributed by atoms with Gasteiger partial charge in [-0.3, -0.25) is 14.6 Å². The van der Waals surface area contributed by atoms with Crippen LogP contribution in [0.5, 0.6) is 0 Å². The van der Waals surface area contributed by atoms with Crippen LogP contribution in [0.1, 0.15) is 31.9 Å². The van der Waals surface area contributed by atoms with Crippen LogP contribution < -0.4 is 5.32 Å². The highest BCUT2D eigenvalue weighted by atomic mass is 16.5. The molecule has 0 saturated heterocycles. The zero-order valence-corrected chi connectivity index (χ0v) is 11.4. The van der Waals surface area contributed by atoms with Gasteiger partial charge in [-0.15, -0.1) is 0 Å². The molecule has 1 unspecified atom stereocenters. The number of methoxy groups -OCH3 is 1. The summed E-state index contributed by atoms with van der Waals surface area (Å²) in [7, 11) is 1.35. The van der Waals surface area contributed by atoms with Crippen molar-refractivity contribution in [2.45, 2.75) is 38.6 Å². The van der Waals surface area contributed by atoms with E-state index in [4.69, 9.17) is 0 Å². The summed E-state index contributed by atoms with van der Waals surface area (Å²) >= 11 is 0. The molecule has 104 valence electrons. The molecule has 0 fully saturated rings. The minimum Gasteiger partial charge on any atom is -0.469 e. The molecule has 5 nitrogen and oxygen atoms in total. The first kappa shape index (κ1) is 15.1. The molecular weight excluding hydrogens is 244 g/mol. The number of carbonyl (C=O) groups is 2. The monoisotopic (exact) mass is 264 g/mol. The number of esters is 1. The van der Waals surface area contributed by atoms with Crippen molar-refractivity contribution in [3.05, 3.63) is 30.1 Å². The van der Waals surface area contributed by atoms with E-state index in [0.29, 0.717) is 19.3 Å². The fourth-order valence-electron chi connectivity index (χ4n) is 1.67. The van der Waals surface area contributed by atoms with Crippen LogP contribution in [0.4, 0.5) is 0 Å². The van der Waals surface area contributed by atoms with Gasteiger partial charge in [-0.25, -0.2) is 0 Å². The SMILES string of the molecule is CCC(CC(=O)OC)NC(=O)CCc1ccccn1. The Kier molecular flexibility index (Phi) is 6.57. The van der Waals surface area contributed by atoms with Gasteiger partial charge >= 0.3 is 5.97 Å². The van der Waals surface area contributed by atoms with E-state index in [9.17, 15) is 9.59 Å². The van der Waals surface area contributed by atoms with Crippen LogP contribution in [0.3, 0.4) is 0 Å². The minimum atomic E-state index is -0.308. The maximum atomic E-state index is 11.8. The number of nitrogens with zero attached hydrogens (tertiary/aromatic N) is 1. The summed E-state index contributed by atoms with van der Waals surface area (Å²) < 4.78 is 4.59. The van der Waals surface area contributed by atoms with Crippen molar-refractivity contribution in [2.75, 3.05) is 7.11 Å². The standard InChI is InChI=1S/C14H20N2O3/c1-3-11(10-14(18)19-2)16-13(17)8-7-12-6-4-5-9-15-12/h4-6,9,11H,3,7-8,10H2,1-2H3,(H,16,17). The van der Waals surface area contributed by atoms with Gasteiger partial charge in [0.05, 0.1) is 13.5 Å². The average Bonchev–Trinajstić information content (AvgIpc) is 2.45. The van der Waals surface area contributed by atoms with Gasteiger partial charge in [0.2, 0.25) is 5.91 Å². The number of aryl methyl sites for hydroxylation is 1. The third-order valence-corrected chi connectivity index (χ3v) is 2.83. The lowest BCUT2D eigenvalue weighted by atomic mass is 10.1. The normalized spacial score (nSPS) is 11.7. The van der Waals surface area contributed by atoms with Gasteiger partial charge in [0.25, 0.3) is 0 Å². The Morgan fingerprint density at radius 2 is 2.21 bits per heavy atom. The maximum absolute atomic E-state index is 11.8. The van der Waals surface area contributed by atoms with Gasteiger partial charge < -0.3 is 10.1 Å². The van der Waals surface area contributed by atoms with E-state index in [1.54, 1.807) is 6.20 Å². The molecule has 1 aromatic heterocycles. The number of amides is 1.